The third kappa shape index (κ3) is 7.43. The first-order valence-corrected chi connectivity index (χ1v) is 7.41. The van der Waals surface area contributed by atoms with Gasteiger partial charge < -0.3 is 20.3 Å². The fraction of sp³-hybridized carbons (Fsp3) is 0.867. The van der Waals surface area contributed by atoms with E-state index in [4.69, 9.17) is 15.2 Å². The number of aliphatic hydroxyl groups excluding tert-OH is 1. The van der Waals surface area contributed by atoms with Gasteiger partial charge in [0.1, 0.15) is 5.60 Å². The number of nitrogens with two attached hydrogens (primary N) is 1. The van der Waals surface area contributed by atoms with Crippen LogP contribution < -0.4 is 5.73 Å². The maximum Gasteiger partial charge on any atom is 0.314 e. The van der Waals surface area contributed by atoms with Gasteiger partial charge in [0.15, 0.2) is 0 Å². The summed E-state index contributed by atoms with van der Waals surface area (Å²) in [6.07, 6.45) is 1.31. The fourth-order valence-corrected chi connectivity index (χ4v) is 2.08. The second-order valence-corrected chi connectivity index (χ2v) is 6.14. The molecule has 0 saturated carbocycles. The van der Waals surface area contributed by atoms with Crippen molar-refractivity contribution in [2.45, 2.75) is 59.0 Å². The Hall–Kier alpha value is -1.14. The highest BCUT2D eigenvalue weighted by atomic mass is 16.6. The van der Waals surface area contributed by atoms with Crippen molar-refractivity contribution in [3.8, 4) is 0 Å². The number of hydrogen-bond acceptors (Lipinski definition) is 6. The Bertz CT molecular complexity index is 337. The zero-order valence-corrected chi connectivity index (χ0v) is 13.6. The Morgan fingerprint density at radius 2 is 1.81 bits per heavy atom. The van der Waals surface area contributed by atoms with Gasteiger partial charge in [0.25, 0.3) is 0 Å². The highest BCUT2D eigenvalue weighted by Gasteiger charge is 2.38. The average molecular weight is 303 g/mol. The molecular formula is C15H29NO5. The van der Waals surface area contributed by atoms with Gasteiger partial charge in [-0.15, -0.1) is 0 Å². The summed E-state index contributed by atoms with van der Waals surface area (Å²) in [5.74, 6) is -0.770. The van der Waals surface area contributed by atoms with Crippen LogP contribution in [0.25, 0.3) is 0 Å². The van der Waals surface area contributed by atoms with Crippen molar-refractivity contribution in [3.63, 3.8) is 0 Å². The number of ether oxygens (including phenoxy) is 2. The van der Waals surface area contributed by atoms with E-state index >= 15 is 0 Å². The lowest BCUT2D eigenvalue weighted by molar-refractivity contribution is -0.161. The first-order valence-electron chi connectivity index (χ1n) is 7.41. The maximum atomic E-state index is 12.0. The van der Waals surface area contributed by atoms with E-state index in [0.29, 0.717) is 19.3 Å². The number of rotatable bonds is 9. The molecule has 6 heteroatoms. The van der Waals surface area contributed by atoms with Gasteiger partial charge in [0.05, 0.1) is 18.6 Å². The molecule has 0 amide bonds. The number of carbonyl (C=O) groups excluding carboxylic acids is 2. The van der Waals surface area contributed by atoms with E-state index in [1.165, 1.54) is 0 Å². The molecule has 0 aromatic carbocycles. The zero-order chi connectivity index (χ0) is 16.5. The lowest BCUT2D eigenvalue weighted by Crippen LogP contribution is -2.39. The van der Waals surface area contributed by atoms with E-state index in [2.05, 4.69) is 0 Å². The van der Waals surface area contributed by atoms with Crippen LogP contribution in [0.3, 0.4) is 0 Å². The van der Waals surface area contributed by atoms with E-state index < -0.39 is 17.0 Å². The quantitative estimate of drug-likeness (QED) is 0.624. The molecule has 0 fully saturated rings. The van der Waals surface area contributed by atoms with Crippen molar-refractivity contribution >= 4 is 11.9 Å². The molecule has 0 aliphatic rings. The molecule has 0 saturated heterocycles. The first kappa shape index (κ1) is 19.9. The van der Waals surface area contributed by atoms with Crippen LogP contribution in [0.15, 0.2) is 0 Å². The van der Waals surface area contributed by atoms with Crippen molar-refractivity contribution in [1.29, 1.82) is 0 Å². The summed E-state index contributed by atoms with van der Waals surface area (Å²) in [4.78, 5) is 23.7. The third-order valence-corrected chi connectivity index (χ3v) is 3.09. The first-order chi connectivity index (χ1) is 9.70. The molecule has 0 rings (SSSR count). The molecule has 0 spiro atoms. The molecule has 1 atom stereocenters. The summed E-state index contributed by atoms with van der Waals surface area (Å²) in [7, 11) is 0. The van der Waals surface area contributed by atoms with Crippen LogP contribution >= 0.6 is 0 Å². The number of aliphatic hydroxyl groups is 1. The lowest BCUT2D eigenvalue weighted by atomic mass is 9.80. The normalized spacial score (nSPS) is 14.4. The number of hydrogen-bond donors (Lipinski definition) is 2. The molecule has 0 aromatic rings. The lowest BCUT2D eigenvalue weighted by Gasteiger charge is -2.29. The van der Waals surface area contributed by atoms with Gasteiger partial charge in [-0.1, -0.05) is 0 Å². The molecule has 0 aliphatic heterocycles. The highest BCUT2D eigenvalue weighted by molar-refractivity contribution is 5.77. The Morgan fingerprint density at radius 1 is 1.19 bits per heavy atom. The van der Waals surface area contributed by atoms with Crippen molar-refractivity contribution in [2.24, 2.45) is 11.1 Å². The van der Waals surface area contributed by atoms with E-state index in [-0.39, 0.29) is 32.1 Å². The summed E-state index contributed by atoms with van der Waals surface area (Å²) < 4.78 is 10.2. The molecule has 3 N–H and O–H groups in total. The van der Waals surface area contributed by atoms with Crippen LogP contribution in [0.5, 0.6) is 0 Å². The summed E-state index contributed by atoms with van der Waals surface area (Å²) in [6.45, 7) is 7.30. The van der Waals surface area contributed by atoms with Crippen molar-refractivity contribution in [3.05, 3.63) is 0 Å². The largest absolute Gasteiger partial charge is 0.465 e. The van der Waals surface area contributed by atoms with Crippen molar-refractivity contribution in [2.75, 3.05) is 19.8 Å². The average Bonchev–Trinajstić information content (AvgIpc) is 2.35. The van der Waals surface area contributed by atoms with Crippen molar-refractivity contribution < 1.29 is 24.2 Å². The minimum atomic E-state index is -1.02. The molecule has 0 unspecified atom stereocenters. The summed E-state index contributed by atoms with van der Waals surface area (Å²) in [5.41, 5.74) is 3.98. The van der Waals surface area contributed by atoms with Crippen LogP contribution in [0, 0.1) is 5.41 Å². The topological polar surface area (TPSA) is 98.9 Å². The maximum absolute atomic E-state index is 12.0. The van der Waals surface area contributed by atoms with E-state index in [1.807, 2.05) is 0 Å². The number of carbonyl (C=O) groups is 2. The monoisotopic (exact) mass is 303 g/mol. The third-order valence-electron chi connectivity index (χ3n) is 3.09. The second-order valence-electron chi connectivity index (χ2n) is 6.14. The second kappa shape index (κ2) is 9.00. The van der Waals surface area contributed by atoms with Gasteiger partial charge in [-0.05, 0) is 53.5 Å². The van der Waals surface area contributed by atoms with Crippen molar-refractivity contribution in [1.82, 2.24) is 0 Å². The highest BCUT2D eigenvalue weighted by Crippen LogP contribution is 2.30. The van der Waals surface area contributed by atoms with Gasteiger partial charge >= 0.3 is 11.9 Å². The Labute approximate surface area is 127 Å². The van der Waals surface area contributed by atoms with Crippen LogP contribution in [0.4, 0.5) is 0 Å². The molecule has 0 bridgehead atoms. The van der Waals surface area contributed by atoms with E-state index in [1.54, 1.807) is 27.7 Å². The predicted molar refractivity (Wildman–Crippen MR) is 79.5 cm³/mol. The van der Waals surface area contributed by atoms with Gasteiger partial charge in [-0.3, -0.25) is 9.59 Å². The van der Waals surface area contributed by atoms with Crippen LogP contribution in [-0.2, 0) is 19.1 Å². The number of esters is 2. The Morgan fingerprint density at radius 3 is 2.24 bits per heavy atom. The van der Waals surface area contributed by atoms with Gasteiger partial charge in [-0.2, -0.15) is 0 Å². The van der Waals surface area contributed by atoms with Gasteiger partial charge in [0, 0.05) is 6.42 Å². The molecule has 0 aliphatic carbocycles. The Kier molecular flexibility index (Phi) is 8.51. The minimum Gasteiger partial charge on any atom is -0.465 e. The van der Waals surface area contributed by atoms with Gasteiger partial charge in [-0.25, -0.2) is 0 Å². The van der Waals surface area contributed by atoms with Gasteiger partial charge in [0.2, 0.25) is 0 Å². The molecule has 0 radical (unpaired) electrons. The van der Waals surface area contributed by atoms with E-state index in [0.717, 1.165) is 0 Å². The Balaban J connectivity index is 4.56. The molecule has 0 aromatic heterocycles. The fourth-order valence-electron chi connectivity index (χ4n) is 2.08. The molecule has 0 heterocycles. The van der Waals surface area contributed by atoms with E-state index in [9.17, 15) is 14.7 Å². The summed E-state index contributed by atoms with van der Waals surface area (Å²) in [5, 5.41) is 9.58. The van der Waals surface area contributed by atoms with Crippen LogP contribution in [0.2, 0.25) is 0 Å². The molecule has 124 valence electrons. The minimum absolute atomic E-state index is 0.197. The van der Waals surface area contributed by atoms with Crippen LogP contribution in [-0.4, -0.2) is 42.4 Å². The predicted octanol–water partition coefficient (Wildman–Crippen LogP) is 1.39. The van der Waals surface area contributed by atoms with Crippen LogP contribution in [0.1, 0.15) is 53.4 Å². The molecular weight excluding hydrogens is 274 g/mol. The molecule has 6 nitrogen and oxygen atoms in total. The summed E-state index contributed by atoms with van der Waals surface area (Å²) in [6, 6.07) is 0. The summed E-state index contributed by atoms with van der Waals surface area (Å²) >= 11 is 0. The molecule has 21 heavy (non-hydrogen) atoms. The zero-order valence-electron chi connectivity index (χ0n) is 13.6. The SMILES string of the molecule is CCOC(=O)[C@](CO)(CCN)CCCC(=O)OC(C)(C)C. The smallest absolute Gasteiger partial charge is 0.314 e. The standard InChI is InChI=1S/C15H29NO5/c1-5-20-13(19)15(11-17,9-10-16)8-6-7-12(18)21-14(2,3)4/h17H,5-11,16H2,1-4H3/t15-/m0/s1.